The van der Waals surface area contributed by atoms with Crippen LogP contribution in [0.1, 0.15) is 30.9 Å². The molecule has 0 spiro atoms. The summed E-state index contributed by atoms with van der Waals surface area (Å²) in [6.45, 7) is 5.70. The van der Waals surface area contributed by atoms with Crippen LogP contribution in [-0.4, -0.2) is 37.2 Å². The summed E-state index contributed by atoms with van der Waals surface area (Å²) in [7, 11) is 0. The van der Waals surface area contributed by atoms with Crippen LogP contribution >= 0.6 is 11.6 Å². The Morgan fingerprint density at radius 2 is 1.80 bits per heavy atom. The average molecular weight is 429 g/mol. The lowest BCUT2D eigenvalue weighted by atomic mass is 9.93. The normalized spacial score (nSPS) is 20.8. The largest absolute Gasteiger partial charge is 0.351 e. The van der Waals surface area contributed by atoms with Crippen molar-refractivity contribution in [3.05, 3.63) is 59.7 Å². The summed E-state index contributed by atoms with van der Waals surface area (Å²) < 4.78 is 11.9. The smallest absolute Gasteiger partial charge is 0.240 e. The number of nitrogens with zero attached hydrogens (tertiary/aromatic N) is 1. The van der Waals surface area contributed by atoms with E-state index in [4.69, 9.17) is 21.1 Å². The first kappa shape index (κ1) is 20.8. The van der Waals surface area contributed by atoms with Crippen LogP contribution in [0.3, 0.4) is 0 Å². The van der Waals surface area contributed by atoms with Crippen LogP contribution in [0.25, 0.3) is 0 Å². The van der Waals surface area contributed by atoms with Crippen molar-refractivity contribution >= 4 is 34.8 Å². The van der Waals surface area contributed by atoms with Gasteiger partial charge in [-0.25, -0.2) is 0 Å². The highest BCUT2D eigenvalue weighted by atomic mass is 35.5. The van der Waals surface area contributed by atoms with E-state index in [0.717, 1.165) is 16.8 Å². The third kappa shape index (κ3) is 4.21. The molecule has 1 unspecified atom stereocenters. The number of carbonyl (C=O) groups excluding carboxylic acids is 2. The van der Waals surface area contributed by atoms with Gasteiger partial charge < -0.3 is 19.7 Å². The van der Waals surface area contributed by atoms with Gasteiger partial charge in [-0.1, -0.05) is 44.2 Å². The van der Waals surface area contributed by atoms with Gasteiger partial charge in [0.25, 0.3) is 0 Å². The van der Waals surface area contributed by atoms with Crippen molar-refractivity contribution in [2.75, 3.05) is 29.3 Å². The Morgan fingerprint density at radius 1 is 1.13 bits per heavy atom. The maximum atomic E-state index is 13.4. The molecule has 2 aromatic carbocycles. The van der Waals surface area contributed by atoms with Crippen LogP contribution in [0, 0.1) is 5.41 Å². The molecule has 4 rings (SSSR count). The standard InChI is InChI=1S/C23H25ClN2O4/c1-23(2)13-29-22(30-14-23)20-17-5-3-4-6-18(17)26(21(20)28)12-15-7-9-16(10-8-15)25-19(27)11-24/h3-10,20,22H,11-14H2,1-2H3,(H,25,27). The van der Waals surface area contributed by atoms with Gasteiger partial charge in [0.2, 0.25) is 11.8 Å². The summed E-state index contributed by atoms with van der Waals surface area (Å²) in [5.74, 6) is -0.850. The topological polar surface area (TPSA) is 67.9 Å². The van der Waals surface area contributed by atoms with Crippen molar-refractivity contribution in [2.45, 2.75) is 32.6 Å². The Morgan fingerprint density at radius 3 is 2.47 bits per heavy atom. The molecule has 0 bridgehead atoms. The van der Waals surface area contributed by atoms with Crippen molar-refractivity contribution in [3.63, 3.8) is 0 Å². The average Bonchev–Trinajstić information content (AvgIpc) is 3.01. The van der Waals surface area contributed by atoms with Gasteiger partial charge in [0.15, 0.2) is 6.29 Å². The number of nitrogens with one attached hydrogen (secondary N) is 1. The lowest BCUT2D eigenvalue weighted by Crippen LogP contribution is -2.43. The molecule has 30 heavy (non-hydrogen) atoms. The van der Waals surface area contributed by atoms with Crippen LogP contribution in [0.4, 0.5) is 11.4 Å². The summed E-state index contributed by atoms with van der Waals surface area (Å²) in [6, 6.07) is 15.2. The number of amides is 2. The van der Waals surface area contributed by atoms with Gasteiger partial charge in [-0.05, 0) is 29.3 Å². The fraction of sp³-hybridized carbons (Fsp3) is 0.391. The molecule has 2 aromatic rings. The number of para-hydroxylation sites is 1. The lowest BCUT2D eigenvalue weighted by Gasteiger charge is -2.36. The monoisotopic (exact) mass is 428 g/mol. The molecule has 1 atom stereocenters. The Hall–Kier alpha value is -2.41. The maximum Gasteiger partial charge on any atom is 0.240 e. The number of alkyl halides is 1. The Bertz CT molecular complexity index is 934. The number of halogens is 1. The highest BCUT2D eigenvalue weighted by Crippen LogP contribution is 2.42. The highest BCUT2D eigenvalue weighted by molar-refractivity contribution is 6.29. The SMILES string of the molecule is CC1(C)COC(C2C(=O)N(Cc3ccc(NC(=O)CCl)cc3)c3ccccc32)OC1. The first-order valence-corrected chi connectivity index (χ1v) is 10.5. The molecular weight excluding hydrogens is 404 g/mol. The number of ether oxygens (including phenoxy) is 2. The number of hydrogen-bond acceptors (Lipinski definition) is 4. The summed E-state index contributed by atoms with van der Waals surface area (Å²) in [4.78, 5) is 26.6. The van der Waals surface area contributed by atoms with Gasteiger partial charge in [-0.3, -0.25) is 9.59 Å². The molecule has 0 saturated carbocycles. The molecule has 7 heteroatoms. The van der Waals surface area contributed by atoms with Crippen LogP contribution in [0.5, 0.6) is 0 Å². The number of benzene rings is 2. The second kappa shape index (κ2) is 8.38. The van der Waals surface area contributed by atoms with E-state index in [1.54, 1.807) is 17.0 Å². The van der Waals surface area contributed by atoms with Gasteiger partial charge in [0.1, 0.15) is 11.8 Å². The van der Waals surface area contributed by atoms with E-state index in [9.17, 15) is 9.59 Å². The minimum atomic E-state index is -0.579. The minimum Gasteiger partial charge on any atom is -0.351 e. The molecule has 2 heterocycles. The molecule has 1 N–H and O–H groups in total. The van der Waals surface area contributed by atoms with Crippen molar-refractivity contribution in [1.82, 2.24) is 0 Å². The highest BCUT2D eigenvalue weighted by Gasteiger charge is 2.45. The van der Waals surface area contributed by atoms with Crippen LogP contribution < -0.4 is 10.2 Å². The second-order valence-electron chi connectivity index (χ2n) is 8.49. The number of fused-ring (bicyclic) bond motifs is 1. The Labute approximate surface area is 181 Å². The van der Waals surface area contributed by atoms with Gasteiger partial charge >= 0.3 is 0 Å². The molecule has 1 saturated heterocycles. The fourth-order valence-electron chi connectivity index (χ4n) is 3.81. The number of anilines is 2. The Kier molecular flexibility index (Phi) is 5.82. The van der Waals surface area contributed by atoms with E-state index in [1.165, 1.54) is 0 Å². The first-order valence-electron chi connectivity index (χ1n) is 9.96. The summed E-state index contributed by atoms with van der Waals surface area (Å²) >= 11 is 5.53. The lowest BCUT2D eigenvalue weighted by molar-refractivity contribution is -0.229. The number of rotatable bonds is 5. The van der Waals surface area contributed by atoms with Gasteiger partial charge in [0.05, 0.1) is 19.8 Å². The van der Waals surface area contributed by atoms with Crippen molar-refractivity contribution in [3.8, 4) is 0 Å². The van der Waals surface area contributed by atoms with E-state index >= 15 is 0 Å². The van der Waals surface area contributed by atoms with E-state index in [1.807, 2.05) is 36.4 Å². The van der Waals surface area contributed by atoms with E-state index in [0.29, 0.717) is 25.4 Å². The third-order valence-electron chi connectivity index (χ3n) is 5.34. The quantitative estimate of drug-likeness (QED) is 0.733. The molecule has 2 aliphatic heterocycles. The van der Waals surface area contributed by atoms with Crippen molar-refractivity contribution in [2.24, 2.45) is 5.41 Å². The van der Waals surface area contributed by atoms with Crippen LogP contribution in [0.15, 0.2) is 48.5 Å². The van der Waals surface area contributed by atoms with E-state index in [2.05, 4.69) is 19.2 Å². The zero-order chi connectivity index (χ0) is 21.3. The zero-order valence-electron chi connectivity index (χ0n) is 17.1. The second-order valence-corrected chi connectivity index (χ2v) is 8.76. The summed E-state index contributed by atoms with van der Waals surface area (Å²) in [6.07, 6.45) is -0.579. The molecule has 2 aliphatic rings. The first-order chi connectivity index (χ1) is 14.4. The summed E-state index contributed by atoms with van der Waals surface area (Å²) in [5.41, 5.74) is 3.37. The van der Waals surface area contributed by atoms with Gasteiger partial charge in [-0.15, -0.1) is 11.6 Å². The number of carbonyl (C=O) groups is 2. The molecule has 2 amide bonds. The molecule has 158 valence electrons. The summed E-state index contributed by atoms with van der Waals surface area (Å²) in [5, 5.41) is 2.71. The predicted octanol–water partition coefficient (Wildman–Crippen LogP) is 3.89. The molecule has 0 aromatic heterocycles. The molecule has 6 nitrogen and oxygen atoms in total. The van der Waals surface area contributed by atoms with Gasteiger partial charge in [0, 0.05) is 16.8 Å². The van der Waals surface area contributed by atoms with Crippen LogP contribution in [-0.2, 0) is 25.6 Å². The molecule has 0 radical (unpaired) electrons. The third-order valence-corrected chi connectivity index (χ3v) is 5.59. The zero-order valence-corrected chi connectivity index (χ0v) is 17.8. The Balaban J connectivity index is 1.53. The van der Waals surface area contributed by atoms with Crippen molar-refractivity contribution < 1.29 is 19.1 Å². The van der Waals surface area contributed by atoms with Crippen molar-refractivity contribution in [1.29, 1.82) is 0 Å². The maximum absolute atomic E-state index is 13.4. The molecule has 0 aliphatic carbocycles. The fourth-order valence-corrected chi connectivity index (χ4v) is 3.88. The van der Waals surface area contributed by atoms with Gasteiger partial charge in [-0.2, -0.15) is 0 Å². The number of hydrogen-bond donors (Lipinski definition) is 1. The molecular formula is C23H25ClN2O4. The molecule has 1 fully saturated rings. The van der Waals surface area contributed by atoms with E-state index in [-0.39, 0.29) is 23.1 Å². The van der Waals surface area contributed by atoms with Crippen LogP contribution in [0.2, 0.25) is 0 Å². The predicted molar refractivity (Wildman–Crippen MR) is 116 cm³/mol. The minimum absolute atomic E-state index is 0.0274. The van der Waals surface area contributed by atoms with E-state index < -0.39 is 12.2 Å².